The Bertz CT molecular complexity index is 714. The fourth-order valence-electron chi connectivity index (χ4n) is 2.11. The second-order valence-electron chi connectivity index (χ2n) is 4.83. The lowest BCUT2D eigenvalue weighted by atomic mass is 10.1. The van der Waals surface area contributed by atoms with E-state index < -0.39 is 11.9 Å². The summed E-state index contributed by atoms with van der Waals surface area (Å²) in [7, 11) is 1.32. The normalized spacial score (nSPS) is 10.2. The number of benzene rings is 2. The fourth-order valence-corrected chi connectivity index (χ4v) is 2.30. The van der Waals surface area contributed by atoms with Gasteiger partial charge in [0, 0.05) is 5.02 Å². The summed E-state index contributed by atoms with van der Waals surface area (Å²) in [5.41, 5.74) is 2.13. The molecule has 114 valence electrons. The first kappa shape index (κ1) is 16.0. The van der Waals surface area contributed by atoms with Crippen LogP contribution in [0.5, 0.6) is 5.75 Å². The molecule has 0 bridgehead atoms. The third kappa shape index (κ3) is 3.46. The van der Waals surface area contributed by atoms with Gasteiger partial charge in [0.25, 0.3) is 0 Å². The van der Waals surface area contributed by atoms with Gasteiger partial charge in [-0.2, -0.15) is 0 Å². The number of carbonyl (C=O) groups is 2. The summed E-state index contributed by atoms with van der Waals surface area (Å²) < 4.78 is 10.1. The number of hydrogen-bond donors (Lipinski definition) is 0. The lowest BCUT2D eigenvalue weighted by Gasteiger charge is -2.12. The Morgan fingerprint density at radius 3 is 2.14 bits per heavy atom. The summed E-state index contributed by atoms with van der Waals surface area (Å²) in [4.78, 5) is 23.7. The highest BCUT2D eigenvalue weighted by atomic mass is 35.5. The van der Waals surface area contributed by atoms with E-state index in [0.29, 0.717) is 33.0 Å². The van der Waals surface area contributed by atoms with Crippen LogP contribution in [0.15, 0.2) is 36.4 Å². The topological polar surface area (TPSA) is 52.6 Å². The molecule has 2 aromatic carbocycles. The molecule has 0 atom stereocenters. The van der Waals surface area contributed by atoms with Crippen LogP contribution in [-0.4, -0.2) is 19.0 Å². The highest BCUT2D eigenvalue weighted by Gasteiger charge is 2.16. The van der Waals surface area contributed by atoms with E-state index in [4.69, 9.17) is 16.3 Å². The van der Waals surface area contributed by atoms with Gasteiger partial charge in [-0.05, 0) is 55.3 Å². The molecular formula is C17H15ClO4. The maximum atomic E-state index is 12.2. The van der Waals surface area contributed by atoms with Gasteiger partial charge in [-0.25, -0.2) is 9.59 Å². The molecule has 22 heavy (non-hydrogen) atoms. The summed E-state index contributed by atoms with van der Waals surface area (Å²) in [6.45, 7) is 3.53. The average molecular weight is 319 g/mol. The molecule has 0 aromatic heterocycles. The van der Waals surface area contributed by atoms with E-state index in [0.717, 1.165) is 0 Å². The number of hydrogen-bond acceptors (Lipinski definition) is 4. The molecule has 0 unspecified atom stereocenters. The smallest absolute Gasteiger partial charge is 0.343 e. The molecule has 0 aliphatic carbocycles. The minimum absolute atomic E-state index is 0.364. The number of rotatable bonds is 3. The third-order valence-electron chi connectivity index (χ3n) is 3.14. The van der Waals surface area contributed by atoms with Crippen LogP contribution < -0.4 is 4.74 Å². The van der Waals surface area contributed by atoms with E-state index in [9.17, 15) is 9.59 Å². The Morgan fingerprint density at radius 2 is 1.59 bits per heavy atom. The Morgan fingerprint density at radius 1 is 0.955 bits per heavy atom. The second-order valence-corrected chi connectivity index (χ2v) is 5.27. The monoisotopic (exact) mass is 318 g/mol. The van der Waals surface area contributed by atoms with E-state index in [-0.39, 0.29) is 0 Å². The quantitative estimate of drug-likeness (QED) is 0.635. The highest BCUT2D eigenvalue weighted by Crippen LogP contribution is 2.26. The first-order chi connectivity index (χ1) is 10.4. The minimum atomic E-state index is -0.500. The third-order valence-corrected chi connectivity index (χ3v) is 3.37. The molecule has 0 saturated heterocycles. The van der Waals surface area contributed by atoms with Crippen molar-refractivity contribution < 1.29 is 19.1 Å². The van der Waals surface area contributed by atoms with Crippen LogP contribution in [0.25, 0.3) is 0 Å². The molecule has 0 heterocycles. The first-order valence-corrected chi connectivity index (χ1v) is 6.97. The van der Waals surface area contributed by atoms with Crippen molar-refractivity contribution in [2.75, 3.05) is 7.11 Å². The van der Waals surface area contributed by atoms with Crippen LogP contribution in [0.3, 0.4) is 0 Å². The Hall–Kier alpha value is -2.33. The van der Waals surface area contributed by atoms with Gasteiger partial charge in [-0.3, -0.25) is 0 Å². The number of methoxy groups -OCH3 is 1. The van der Waals surface area contributed by atoms with E-state index in [1.54, 1.807) is 44.2 Å². The standard InChI is InChI=1S/C17H15ClO4/c1-10-7-13(16(19)21-3)8-11(2)15(10)22-17(20)12-5-4-6-14(18)9-12/h4-9H,1-3H3. The molecule has 0 N–H and O–H groups in total. The molecular weight excluding hydrogens is 304 g/mol. The molecule has 0 saturated carbocycles. The van der Waals surface area contributed by atoms with Gasteiger partial charge in [0.1, 0.15) is 5.75 Å². The molecule has 0 fully saturated rings. The summed E-state index contributed by atoms with van der Waals surface area (Å²) >= 11 is 5.87. The molecule has 2 aromatic rings. The first-order valence-electron chi connectivity index (χ1n) is 6.59. The SMILES string of the molecule is COC(=O)c1cc(C)c(OC(=O)c2cccc(Cl)c2)c(C)c1. The molecule has 0 spiro atoms. The van der Waals surface area contributed by atoms with Gasteiger partial charge in [-0.1, -0.05) is 17.7 Å². The molecule has 2 rings (SSSR count). The lowest BCUT2D eigenvalue weighted by molar-refractivity contribution is 0.0600. The van der Waals surface area contributed by atoms with Crippen molar-refractivity contribution >= 4 is 23.5 Å². The Kier molecular flexibility index (Phi) is 4.83. The summed E-state index contributed by atoms with van der Waals surface area (Å²) in [5.74, 6) is -0.504. The van der Waals surface area contributed by atoms with Gasteiger partial charge < -0.3 is 9.47 Å². The summed E-state index contributed by atoms with van der Waals surface area (Å²) in [6.07, 6.45) is 0. The van der Waals surface area contributed by atoms with Gasteiger partial charge in [0.05, 0.1) is 18.2 Å². The van der Waals surface area contributed by atoms with Crippen molar-refractivity contribution in [1.82, 2.24) is 0 Å². The predicted molar refractivity (Wildman–Crippen MR) is 83.7 cm³/mol. The van der Waals surface area contributed by atoms with Gasteiger partial charge in [0.2, 0.25) is 0 Å². The summed E-state index contributed by atoms with van der Waals surface area (Å²) in [6, 6.07) is 9.77. The van der Waals surface area contributed by atoms with E-state index in [1.807, 2.05) is 0 Å². The average Bonchev–Trinajstić information content (AvgIpc) is 2.49. The van der Waals surface area contributed by atoms with Crippen molar-refractivity contribution in [2.24, 2.45) is 0 Å². The van der Waals surface area contributed by atoms with E-state index in [2.05, 4.69) is 4.74 Å². The van der Waals surface area contributed by atoms with Crippen molar-refractivity contribution in [3.63, 3.8) is 0 Å². The van der Waals surface area contributed by atoms with Crippen molar-refractivity contribution in [1.29, 1.82) is 0 Å². The molecule has 0 radical (unpaired) electrons. The fraction of sp³-hybridized carbons (Fsp3) is 0.176. The maximum Gasteiger partial charge on any atom is 0.343 e. The molecule has 4 nitrogen and oxygen atoms in total. The van der Waals surface area contributed by atoms with E-state index in [1.165, 1.54) is 13.2 Å². The molecule has 0 aliphatic rings. The van der Waals surface area contributed by atoms with Crippen LogP contribution in [0, 0.1) is 13.8 Å². The van der Waals surface area contributed by atoms with Crippen molar-refractivity contribution in [3.05, 3.63) is 63.7 Å². The Balaban J connectivity index is 2.30. The number of esters is 2. The zero-order valence-electron chi connectivity index (χ0n) is 12.5. The maximum absolute atomic E-state index is 12.2. The van der Waals surface area contributed by atoms with Gasteiger partial charge >= 0.3 is 11.9 Å². The Labute approximate surface area is 133 Å². The minimum Gasteiger partial charge on any atom is -0.465 e. The largest absolute Gasteiger partial charge is 0.465 e. The molecule has 5 heteroatoms. The number of halogens is 1. The van der Waals surface area contributed by atoms with Crippen molar-refractivity contribution in [2.45, 2.75) is 13.8 Å². The van der Waals surface area contributed by atoms with Crippen molar-refractivity contribution in [3.8, 4) is 5.75 Å². The number of aryl methyl sites for hydroxylation is 2. The number of carbonyl (C=O) groups excluding carboxylic acids is 2. The zero-order chi connectivity index (χ0) is 16.3. The van der Waals surface area contributed by atoms with Gasteiger partial charge in [-0.15, -0.1) is 0 Å². The summed E-state index contributed by atoms with van der Waals surface area (Å²) in [5, 5.41) is 0.462. The van der Waals surface area contributed by atoms with Crippen LogP contribution in [0.2, 0.25) is 5.02 Å². The van der Waals surface area contributed by atoms with Crippen LogP contribution in [0.4, 0.5) is 0 Å². The van der Waals surface area contributed by atoms with Crippen LogP contribution >= 0.6 is 11.6 Å². The van der Waals surface area contributed by atoms with Gasteiger partial charge in [0.15, 0.2) is 0 Å². The van der Waals surface area contributed by atoms with Crippen LogP contribution in [-0.2, 0) is 4.74 Å². The lowest BCUT2D eigenvalue weighted by Crippen LogP contribution is -2.11. The van der Waals surface area contributed by atoms with E-state index >= 15 is 0 Å². The number of ether oxygens (including phenoxy) is 2. The highest BCUT2D eigenvalue weighted by molar-refractivity contribution is 6.30. The van der Waals surface area contributed by atoms with Crippen LogP contribution in [0.1, 0.15) is 31.8 Å². The predicted octanol–water partition coefficient (Wildman–Crippen LogP) is 3.96. The molecule has 0 amide bonds. The molecule has 0 aliphatic heterocycles. The second kappa shape index (κ2) is 6.62. The zero-order valence-corrected chi connectivity index (χ0v) is 13.2.